The van der Waals surface area contributed by atoms with Crippen LogP contribution in [0.15, 0.2) is 47.3 Å². The first-order valence-electron chi connectivity index (χ1n) is 8.64. The molecule has 0 fully saturated rings. The molecule has 8 heteroatoms. The third-order valence-corrected chi connectivity index (χ3v) is 5.14. The SMILES string of the molecule is COc1ccc(/C=C/c2nc3s/c(=C\c4cccc(F)c4)c(=O)n3n2)cc1OC. The van der Waals surface area contributed by atoms with E-state index >= 15 is 0 Å². The first-order valence-corrected chi connectivity index (χ1v) is 9.46. The van der Waals surface area contributed by atoms with Crippen molar-refractivity contribution in [2.45, 2.75) is 0 Å². The minimum Gasteiger partial charge on any atom is -0.493 e. The van der Waals surface area contributed by atoms with Crippen LogP contribution in [-0.4, -0.2) is 28.8 Å². The van der Waals surface area contributed by atoms with Crippen LogP contribution in [0.4, 0.5) is 4.39 Å². The highest BCUT2D eigenvalue weighted by Gasteiger charge is 2.09. The highest BCUT2D eigenvalue weighted by molar-refractivity contribution is 7.15. The molecule has 4 aromatic rings. The summed E-state index contributed by atoms with van der Waals surface area (Å²) in [6, 6.07) is 11.6. The molecule has 146 valence electrons. The van der Waals surface area contributed by atoms with Gasteiger partial charge in [-0.15, -0.1) is 5.10 Å². The summed E-state index contributed by atoms with van der Waals surface area (Å²) in [5.41, 5.74) is 1.20. The van der Waals surface area contributed by atoms with E-state index in [4.69, 9.17) is 9.47 Å². The summed E-state index contributed by atoms with van der Waals surface area (Å²) in [4.78, 5) is 17.4. The molecule has 0 saturated heterocycles. The Morgan fingerprint density at radius 3 is 2.59 bits per heavy atom. The number of hydrogen-bond acceptors (Lipinski definition) is 6. The number of hydrogen-bond donors (Lipinski definition) is 0. The predicted molar refractivity (Wildman–Crippen MR) is 111 cm³/mol. The molecule has 6 nitrogen and oxygen atoms in total. The van der Waals surface area contributed by atoms with Crippen LogP contribution in [0, 0.1) is 5.82 Å². The van der Waals surface area contributed by atoms with E-state index in [2.05, 4.69) is 10.1 Å². The number of rotatable bonds is 5. The van der Waals surface area contributed by atoms with Crippen LogP contribution >= 0.6 is 11.3 Å². The van der Waals surface area contributed by atoms with E-state index in [1.807, 2.05) is 24.3 Å². The van der Waals surface area contributed by atoms with Crippen molar-refractivity contribution in [3.63, 3.8) is 0 Å². The maximum atomic E-state index is 13.3. The molecule has 0 atom stereocenters. The number of nitrogens with zero attached hydrogens (tertiary/aromatic N) is 3. The van der Waals surface area contributed by atoms with Crippen molar-refractivity contribution in [3.8, 4) is 11.5 Å². The van der Waals surface area contributed by atoms with E-state index in [0.29, 0.717) is 32.4 Å². The molecule has 0 radical (unpaired) electrons. The Balaban J connectivity index is 1.64. The van der Waals surface area contributed by atoms with E-state index in [1.165, 1.54) is 28.0 Å². The van der Waals surface area contributed by atoms with Gasteiger partial charge in [0.15, 0.2) is 17.3 Å². The second-order valence-corrected chi connectivity index (χ2v) is 7.09. The topological polar surface area (TPSA) is 65.7 Å². The van der Waals surface area contributed by atoms with Gasteiger partial charge >= 0.3 is 0 Å². The van der Waals surface area contributed by atoms with Gasteiger partial charge in [-0.05, 0) is 47.5 Å². The lowest BCUT2D eigenvalue weighted by atomic mass is 10.2. The van der Waals surface area contributed by atoms with Crippen LogP contribution in [0.1, 0.15) is 17.0 Å². The zero-order chi connectivity index (χ0) is 20.4. The largest absolute Gasteiger partial charge is 0.493 e. The van der Waals surface area contributed by atoms with Crippen LogP contribution < -0.4 is 19.6 Å². The molecular weight excluding hydrogens is 393 g/mol. The number of fused-ring (bicyclic) bond motifs is 1. The maximum Gasteiger partial charge on any atom is 0.291 e. The molecule has 0 amide bonds. The Morgan fingerprint density at radius 2 is 1.86 bits per heavy atom. The fourth-order valence-corrected chi connectivity index (χ4v) is 3.71. The molecule has 0 unspecified atom stereocenters. The van der Waals surface area contributed by atoms with Gasteiger partial charge in [-0.2, -0.15) is 9.50 Å². The molecule has 0 aliphatic rings. The number of ether oxygens (including phenoxy) is 2. The molecule has 0 spiro atoms. The molecule has 29 heavy (non-hydrogen) atoms. The van der Waals surface area contributed by atoms with Gasteiger partial charge in [-0.25, -0.2) is 4.39 Å². The van der Waals surface area contributed by atoms with Crippen molar-refractivity contribution < 1.29 is 13.9 Å². The summed E-state index contributed by atoms with van der Waals surface area (Å²) in [6.45, 7) is 0. The summed E-state index contributed by atoms with van der Waals surface area (Å²) in [6.07, 6.45) is 5.17. The fourth-order valence-electron chi connectivity index (χ4n) is 2.79. The van der Waals surface area contributed by atoms with Crippen molar-refractivity contribution in [3.05, 3.63) is 80.1 Å². The molecule has 0 N–H and O–H groups in total. The van der Waals surface area contributed by atoms with Gasteiger partial charge in [0, 0.05) is 0 Å². The van der Waals surface area contributed by atoms with Gasteiger partial charge in [0.2, 0.25) is 4.96 Å². The molecule has 0 saturated carbocycles. The van der Waals surface area contributed by atoms with Crippen molar-refractivity contribution in [2.75, 3.05) is 14.2 Å². The van der Waals surface area contributed by atoms with E-state index in [1.54, 1.807) is 38.5 Å². The fraction of sp³-hybridized carbons (Fsp3) is 0.0952. The number of benzene rings is 2. The van der Waals surface area contributed by atoms with Gasteiger partial charge in [0.1, 0.15) is 5.82 Å². The molecule has 0 aliphatic heterocycles. The summed E-state index contributed by atoms with van der Waals surface area (Å²) in [5.74, 6) is 1.32. The first-order chi connectivity index (χ1) is 14.1. The first kappa shape index (κ1) is 18.8. The van der Waals surface area contributed by atoms with Crippen LogP contribution in [0.2, 0.25) is 0 Å². The van der Waals surface area contributed by atoms with Crippen molar-refractivity contribution in [1.29, 1.82) is 0 Å². The average Bonchev–Trinajstić information content (AvgIpc) is 3.25. The second-order valence-electron chi connectivity index (χ2n) is 6.08. The summed E-state index contributed by atoms with van der Waals surface area (Å²) < 4.78 is 25.5. The number of thiazole rings is 1. The monoisotopic (exact) mass is 409 g/mol. The van der Waals surface area contributed by atoms with E-state index < -0.39 is 0 Å². The Bertz CT molecular complexity index is 1330. The average molecular weight is 409 g/mol. The minimum absolute atomic E-state index is 0.285. The number of halogens is 1. The van der Waals surface area contributed by atoms with Crippen LogP contribution in [0.3, 0.4) is 0 Å². The third kappa shape index (κ3) is 3.88. The highest BCUT2D eigenvalue weighted by atomic mass is 32.1. The zero-order valence-electron chi connectivity index (χ0n) is 15.6. The van der Waals surface area contributed by atoms with Crippen molar-refractivity contribution in [1.82, 2.24) is 14.6 Å². The lowest BCUT2D eigenvalue weighted by Gasteiger charge is -2.07. The second kappa shape index (κ2) is 7.84. The Morgan fingerprint density at radius 1 is 1.03 bits per heavy atom. The molecule has 2 aromatic carbocycles. The van der Waals surface area contributed by atoms with Crippen LogP contribution in [0.5, 0.6) is 11.5 Å². The van der Waals surface area contributed by atoms with E-state index in [-0.39, 0.29) is 11.4 Å². The minimum atomic E-state index is -0.353. The molecular formula is C21H16FN3O3S. The smallest absolute Gasteiger partial charge is 0.291 e. The molecule has 0 aliphatic carbocycles. The van der Waals surface area contributed by atoms with Crippen LogP contribution in [-0.2, 0) is 0 Å². The van der Waals surface area contributed by atoms with Crippen molar-refractivity contribution >= 4 is 34.5 Å². The maximum absolute atomic E-state index is 13.3. The number of methoxy groups -OCH3 is 2. The van der Waals surface area contributed by atoms with Gasteiger partial charge < -0.3 is 9.47 Å². The molecule has 2 heterocycles. The summed E-state index contributed by atoms with van der Waals surface area (Å²) >= 11 is 1.21. The Kier molecular flexibility index (Phi) is 5.09. The third-order valence-electron chi connectivity index (χ3n) is 4.18. The lowest BCUT2D eigenvalue weighted by molar-refractivity contribution is 0.355. The molecule has 4 rings (SSSR count). The van der Waals surface area contributed by atoms with Crippen LogP contribution in [0.25, 0.3) is 23.2 Å². The number of aromatic nitrogens is 3. The zero-order valence-corrected chi connectivity index (χ0v) is 16.4. The normalized spacial score (nSPS) is 12.2. The van der Waals surface area contributed by atoms with Gasteiger partial charge in [0.25, 0.3) is 5.56 Å². The quantitative estimate of drug-likeness (QED) is 0.507. The van der Waals surface area contributed by atoms with Gasteiger partial charge in [0.05, 0.1) is 18.8 Å². The molecule has 0 bridgehead atoms. The Hall–Kier alpha value is -3.52. The standard InChI is InChI=1S/C21H16FN3O3S/c1-27-16-8-6-13(11-17(16)28-2)7-9-19-23-21-25(24-19)20(26)18(29-21)12-14-4-3-5-15(22)10-14/h3-12H,1-2H3/b9-7+,18-12-. The summed E-state index contributed by atoms with van der Waals surface area (Å²) in [7, 11) is 3.15. The van der Waals surface area contributed by atoms with Gasteiger partial charge in [-0.3, -0.25) is 4.79 Å². The van der Waals surface area contributed by atoms with E-state index in [9.17, 15) is 9.18 Å². The van der Waals surface area contributed by atoms with Gasteiger partial charge in [-0.1, -0.05) is 35.6 Å². The summed E-state index contributed by atoms with van der Waals surface area (Å²) in [5, 5.41) is 4.25. The van der Waals surface area contributed by atoms with E-state index in [0.717, 1.165) is 5.56 Å². The predicted octanol–water partition coefficient (Wildman–Crippen LogP) is 3.03. The molecule has 2 aromatic heterocycles. The van der Waals surface area contributed by atoms with Crippen molar-refractivity contribution in [2.24, 2.45) is 0 Å². The highest BCUT2D eigenvalue weighted by Crippen LogP contribution is 2.28. The Labute approximate surface area is 169 Å². The lowest BCUT2D eigenvalue weighted by Crippen LogP contribution is -2.23.